The Bertz CT molecular complexity index is 335. The number of likely N-dealkylation sites (tertiary alicyclic amines) is 1. The minimum Gasteiger partial charge on any atom is -0.382 e. The van der Waals surface area contributed by atoms with E-state index in [-0.39, 0.29) is 0 Å². The van der Waals surface area contributed by atoms with Gasteiger partial charge in [0.15, 0.2) is 6.10 Å². The van der Waals surface area contributed by atoms with Crippen molar-refractivity contribution in [3.8, 4) is 0 Å². The van der Waals surface area contributed by atoms with Crippen molar-refractivity contribution in [1.82, 2.24) is 4.90 Å². The SMILES string of the molecule is O=C1C2CCC(O2)C(=O)N1CC(O)C(F)(F)F. The fraction of sp³-hybridized carbons (Fsp3) is 0.778. The van der Waals surface area contributed by atoms with Crippen LogP contribution >= 0.6 is 0 Å². The zero-order valence-corrected chi connectivity index (χ0v) is 8.61. The van der Waals surface area contributed by atoms with Crippen LogP contribution < -0.4 is 0 Å². The lowest BCUT2D eigenvalue weighted by Gasteiger charge is -2.31. The van der Waals surface area contributed by atoms with Gasteiger partial charge >= 0.3 is 6.18 Å². The normalized spacial score (nSPS) is 30.9. The number of nitrogens with zero attached hydrogens (tertiary/aromatic N) is 1. The standard InChI is InChI=1S/C9H10F3NO4/c10-9(11,12)6(14)3-13-7(15)4-1-2-5(17-4)8(13)16/h4-6,14H,1-3H2. The van der Waals surface area contributed by atoms with Gasteiger partial charge < -0.3 is 9.84 Å². The number of rotatable bonds is 2. The van der Waals surface area contributed by atoms with Gasteiger partial charge in [0, 0.05) is 0 Å². The van der Waals surface area contributed by atoms with Crippen LogP contribution in [0.2, 0.25) is 0 Å². The maximum atomic E-state index is 12.1. The van der Waals surface area contributed by atoms with Gasteiger partial charge in [0.2, 0.25) is 0 Å². The van der Waals surface area contributed by atoms with Crippen molar-refractivity contribution >= 4 is 11.8 Å². The maximum Gasteiger partial charge on any atom is 0.416 e. The van der Waals surface area contributed by atoms with E-state index in [0.29, 0.717) is 17.7 Å². The molecule has 2 bridgehead atoms. The Kier molecular flexibility index (Phi) is 2.86. The molecule has 3 atom stereocenters. The predicted octanol–water partition coefficient (Wildman–Crippen LogP) is -0.174. The number of β-amino-alcohol motifs (C(OH)–C–C–N with tert-alkyl or cyclic N) is 1. The van der Waals surface area contributed by atoms with Crippen molar-refractivity contribution in [1.29, 1.82) is 0 Å². The molecule has 2 amide bonds. The molecule has 1 N–H and O–H groups in total. The van der Waals surface area contributed by atoms with E-state index in [1.165, 1.54) is 0 Å². The molecule has 96 valence electrons. The molecule has 3 unspecified atom stereocenters. The molecule has 17 heavy (non-hydrogen) atoms. The summed E-state index contributed by atoms with van der Waals surface area (Å²) in [6.45, 7) is -1.06. The summed E-state index contributed by atoms with van der Waals surface area (Å²) in [5, 5.41) is 8.85. The van der Waals surface area contributed by atoms with E-state index in [4.69, 9.17) is 9.84 Å². The van der Waals surface area contributed by atoms with E-state index in [1.54, 1.807) is 0 Å². The number of alkyl halides is 3. The zero-order valence-electron chi connectivity index (χ0n) is 8.61. The lowest BCUT2D eigenvalue weighted by molar-refractivity contribution is -0.212. The second-order valence-electron chi connectivity index (χ2n) is 4.04. The van der Waals surface area contributed by atoms with Gasteiger partial charge in [-0.15, -0.1) is 0 Å². The van der Waals surface area contributed by atoms with E-state index < -0.39 is 42.8 Å². The third kappa shape index (κ3) is 2.14. The summed E-state index contributed by atoms with van der Waals surface area (Å²) in [7, 11) is 0. The molecule has 2 heterocycles. The first kappa shape index (κ1) is 12.3. The number of aliphatic hydroxyl groups is 1. The van der Waals surface area contributed by atoms with Crippen LogP contribution in [0.5, 0.6) is 0 Å². The Balaban J connectivity index is 2.10. The average molecular weight is 253 g/mol. The van der Waals surface area contributed by atoms with Crippen LogP contribution in [-0.4, -0.2) is 52.9 Å². The molecule has 2 aliphatic rings. The predicted molar refractivity (Wildman–Crippen MR) is 46.7 cm³/mol. The third-order valence-electron chi connectivity index (χ3n) is 2.84. The molecule has 0 aromatic carbocycles. The smallest absolute Gasteiger partial charge is 0.382 e. The lowest BCUT2D eigenvalue weighted by Crippen LogP contribution is -2.55. The number of imide groups is 1. The highest BCUT2D eigenvalue weighted by molar-refractivity contribution is 6.02. The topological polar surface area (TPSA) is 66.8 Å². The number of hydrogen-bond donors (Lipinski definition) is 1. The first-order valence-electron chi connectivity index (χ1n) is 5.06. The van der Waals surface area contributed by atoms with Crippen LogP contribution in [0.3, 0.4) is 0 Å². The van der Waals surface area contributed by atoms with Gasteiger partial charge in [-0.3, -0.25) is 14.5 Å². The molecule has 5 nitrogen and oxygen atoms in total. The molecule has 0 aromatic heterocycles. The highest BCUT2D eigenvalue weighted by Crippen LogP contribution is 2.30. The first-order valence-corrected chi connectivity index (χ1v) is 5.06. The molecule has 0 aliphatic carbocycles. The van der Waals surface area contributed by atoms with Gasteiger partial charge in [0.05, 0.1) is 6.54 Å². The molecule has 8 heteroatoms. The number of ether oxygens (including phenoxy) is 1. The van der Waals surface area contributed by atoms with Crippen LogP contribution in [0, 0.1) is 0 Å². The average Bonchev–Trinajstić information content (AvgIpc) is 2.66. The minimum atomic E-state index is -4.85. The van der Waals surface area contributed by atoms with Crippen molar-refractivity contribution in [3.63, 3.8) is 0 Å². The Morgan fingerprint density at radius 3 is 2.18 bits per heavy atom. The molecular formula is C9H10F3NO4. The highest BCUT2D eigenvalue weighted by Gasteiger charge is 2.49. The molecule has 2 rings (SSSR count). The van der Waals surface area contributed by atoms with Gasteiger partial charge in [-0.05, 0) is 12.8 Å². The van der Waals surface area contributed by atoms with Crippen LogP contribution in [0.4, 0.5) is 13.2 Å². The van der Waals surface area contributed by atoms with Gasteiger partial charge in [-0.2, -0.15) is 13.2 Å². The molecule has 0 aromatic rings. The van der Waals surface area contributed by atoms with Gasteiger partial charge in [-0.1, -0.05) is 0 Å². The molecule has 2 saturated heterocycles. The molecule has 0 spiro atoms. The monoisotopic (exact) mass is 253 g/mol. The summed E-state index contributed by atoms with van der Waals surface area (Å²) in [6, 6.07) is 0. The third-order valence-corrected chi connectivity index (χ3v) is 2.84. The second-order valence-corrected chi connectivity index (χ2v) is 4.04. The Hall–Kier alpha value is -1.15. The number of carbonyl (C=O) groups excluding carboxylic acids is 2. The Labute approximate surface area is 94.1 Å². The summed E-state index contributed by atoms with van der Waals surface area (Å²) in [6.07, 6.45) is -8.61. The van der Waals surface area contributed by atoms with Crippen molar-refractivity contribution in [2.75, 3.05) is 6.54 Å². The minimum absolute atomic E-state index is 0.327. The van der Waals surface area contributed by atoms with Crippen molar-refractivity contribution in [3.05, 3.63) is 0 Å². The van der Waals surface area contributed by atoms with E-state index >= 15 is 0 Å². The second kappa shape index (κ2) is 3.95. The summed E-state index contributed by atoms with van der Waals surface area (Å²) in [4.78, 5) is 23.6. The van der Waals surface area contributed by atoms with Crippen LogP contribution in [0.25, 0.3) is 0 Å². The van der Waals surface area contributed by atoms with E-state index in [1.807, 2.05) is 0 Å². The molecule has 0 radical (unpaired) electrons. The number of amides is 2. The molecule has 0 saturated carbocycles. The summed E-state index contributed by atoms with van der Waals surface area (Å²) in [5.41, 5.74) is 0. The summed E-state index contributed by atoms with van der Waals surface area (Å²) in [5.74, 6) is -1.60. The van der Waals surface area contributed by atoms with Gasteiger partial charge in [0.1, 0.15) is 12.2 Å². The fourth-order valence-corrected chi connectivity index (χ4v) is 1.91. The van der Waals surface area contributed by atoms with Gasteiger partial charge in [-0.25, -0.2) is 0 Å². The number of halogens is 3. The van der Waals surface area contributed by atoms with Crippen molar-refractivity contribution in [2.24, 2.45) is 0 Å². The summed E-state index contributed by atoms with van der Waals surface area (Å²) >= 11 is 0. The Morgan fingerprint density at radius 2 is 1.76 bits per heavy atom. The number of aliphatic hydroxyl groups excluding tert-OH is 1. The molecular weight excluding hydrogens is 243 g/mol. The van der Waals surface area contributed by atoms with Crippen molar-refractivity contribution < 1.29 is 32.6 Å². The van der Waals surface area contributed by atoms with Crippen LogP contribution in [0.15, 0.2) is 0 Å². The quantitative estimate of drug-likeness (QED) is 0.694. The van der Waals surface area contributed by atoms with Crippen molar-refractivity contribution in [2.45, 2.75) is 37.3 Å². The largest absolute Gasteiger partial charge is 0.416 e. The van der Waals surface area contributed by atoms with E-state index in [0.717, 1.165) is 0 Å². The van der Waals surface area contributed by atoms with E-state index in [2.05, 4.69) is 0 Å². The van der Waals surface area contributed by atoms with Crippen LogP contribution in [-0.2, 0) is 14.3 Å². The zero-order chi connectivity index (χ0) is 12.8. The lowest BCUT2D eigenvalue weighted by atomic mass is 10.2. The molecule has 2 fully saturated rings. The van der Waals surface area contributed by atoms with Gasteiger partial charge in [0.25, 0.3) is 11.8 Å². The highest BCUT2D eigenvalue weighted by atomic mass is 19.4. The molecule has 2 aliphatic heterocycles. The number of fused-ring (bicyclic) bond motifs is 2. The summed E-state index contributed by atoms with van der Waals surface area (Å²) < 4.78 is 41.4. The first-order chi connectivity index (χ1) is 7.80. The number of morpholine rings is 1. The number of hydrogen-bond acceptors (Lipinski definition) is 4. The van der Waals surface area contributed by atoms with Crippen LogP contribution in [0.1, 0.15) is 12.8 Å². The fourth-order valence-electron chi connectivity index (χ4n) is 1.91. The maximum absolute atomic E-state index is 12.1. The van der Waals surface area contributed by atoms with E-state index in [9.17, 15) is 22.8 Å². The Morgan fingerprint density at radius 1 is 1.29 bits per heavy atom. The number of carbonyl (C=O) groups is 2.